The van der Waals surface area contributed by atoms with Crippen molar-refractivity contribution < 1.29 is 0 Å². The number of rotatable bonds is 5. The molecule has 3 nitrogen and oxygen atoms in total. The number of alkyl halides is 1. The van der Waals surface area contributed by atoms with Crippen LogP contribution in [-0.4, -0.2) is 39.7 Å². The number of aromatic nitrogens is 2. The normalized spacial score (nSPS) is 12.4. The van der Waals surface area contributed by atoms with Crippen molar-refractivity contribution >= 4 is 11.6 Å². The molecule has 0 radical (unpaired) electrons. The van der Waals surface area contributed by atoms with Crippen LogP contribution < -0.4 is 0 Å². The SMILES string of the molecule is CN(CCn1cccn1)C(C)(C)CCl. The Labute approximate surface area is 90.7 Å². The molecule has 14 heavy (non-hydrogen) atoms. The van der Waals surface area contributed by atoms with Gasteiger partial charge in [-0.15, -0.1) is 11.6 Å². The van der Waals surface area contributed by atoms with Gasteiger partial charge >= 0.3 is 0 Å². The summed E-state index contributed by atoms with van der Waals surface area (Å²) >= 11 is 5.88. The quantitative estimate of drug-likeness (QED) is 0.699. The third-order valence-electron chi connectivity index (χ3n) is 2.58. The van der Waals surface area contributed by atoms with Gasteiger partial charge in [0.1, 0.15) is 0 Å². The Balaban J connectivity index is 2.38. The molecule has 0 atom stereocenters. The van der Waals surface area contributed by atoms with Crippen LogP contribution in [0.3, 0.4) is 0 Å². The number of halogens is 1. The van der Waals surface area contributed by atoms with Gasteiger partial charge in [-0.25, -0.2) is 0 Å². The molecule has 0 fully saturated rings. The van der Waals surface area contributed by atoms with E-state index >= 15 is 0 Å². The van der Waals surface area contributed by atoms with Gasteiger partial charge in [0, 0.05) is 30.4 Å². The minimum Gasteiger partial charge on any atom is -0.298 e. The second kappa shape index (κ2) is 4.80. The minimum atomic E-state index is 0.0503. The average Bonchev–Trinajstić information content (AvgIpc) is 2.66. The third-order valence-corrected chi connectivity index (χ3v) is 3.24. The van der Waals surface area contributed by atoms with E-state index in [1.54, 1.807) is 6.20 Å². The highest BCUT2D eigenvalue weighted by Gasteiger charge is 2.21. The summed E-state index contributed by atoms with van der Waals surface area (Å²) in [5.74, 6) is 0.641. The lowest BCUT2D eigenvalue weighted by Gasteiger charge is -2.33. The molecule has 0 saturated heterocycles. The summed E-state index contributed by atoms with van der Waals surface area (Å²) in [6.07, 6.45) is 3.77. The van der Waals surface area contributed by atoms with Gasteiger partial charge in [-0.05, 0) is 27.0 Å². The Kier molecular flexibility index (Phi) is 3.96. The number of nitrogens with zero attached hydrogens (tertiary/aromatic N) is 3. The highest BCUT2D eigenvalue weighted by molar-refractivity contribution is 6.18. The Morgan fingerprint density at radius 2 is 2.21 bits per heavy atom. The van der Waals surface area contributed by atoms with E-state index in [1.807, 2.05) is 16.9 Å². The molecule has 0 N–H and O–H groups in total. The molecule has 0 unspecified atom stereocenters. The standard InChI is InChI=1S/C10H18ClN3/c1-10(2,9-11)13(3)7-8-14-6-4-5-12-14/h4-6H,7-9H2,1-3H3. The molecule has 0 aliphatic heterocycles. The topological polar surface area (TPSA) is 21.1 Å². The highest BCUT2D eigenvalue weighted by Crippen LogP contribution is 2.13. The van der Waals surface area contributed by atoms with Crippen LogP contribution in [0.25, 0.3) is 0 Å². The average molecular weight is 216 g/mol. The molecule has 0 aliphatic carbocycles. The summed E-state index contributed by atoms with van der Waals surface area (Å²) in [5.41, 5.74) is 0.0503. The Bertz CT molecular complexity index is 256. The molecule has 0 aliphatic rings. The van der Waals surface area contributed by atoms with Crippen molar-refractivity contribution in [3.63, 3.8) is 0 Å². The molecule has 80 valence electrons. The highest BCUT2D eigenvalue weighted by atomic mass is 35.5. The molecule has 0 spiro atoms. The van der Waals surface area contributed by atoms with Gasteiger partial charge in [-0.3, -0.25) is 9.58 Å². The monoisotopic (exact) mass is 215 g/mol. The Morgan fingerprint density at radius 3 is 2.71 bits per heavy atom. The zero-order valence-corrected chi connectivity index (χ0v) is 9.83. The van der Waals surface area contributed by atoms with Crippen molar-refractivity contribution in [3.05, 3.63) is 18.5 Å². The van der Waals surface area contributed by atoms with Crippen LogP contribution in [0.15, 0.2) is 18.5 Å². The van der Waals surface area contributed by atoms with E-state index in [1.165, 1.54) is 0 Å². The molecule has 1 aromatic heterocycles. The van der Waals surface area contributed by atoms with Gasteiger partial charge in [0.15, 0.2) is 0 Å². The largest absolute Gasteiger partial charge is 0.298 e. The predicted octanol–water partition coefficient (Wildman–Crippen LogP) is 1.83. The molecular weight excluding hydrogens is 198 g/mol. The fraction of sp³-hybridized carbons (Fsp3) is 0.700. The van der Waals surface area contributed by atoms with E-state index in [-0.39, 0.29) is 5.54 Å². The maximum absolute atomic E-state index is 5.88. The first-order chi connectivity index (χ1) is 6.56. The first-order valence-corrected chi connectivity index (χ1v) is 5.34. The molecule has 1 heterocycles. The zero-order valence-electron chi connectivity index (χ0n) is 9.07. The van der Waals surface area contributed by atoms with Gasteiger partial charge in [-0.2, -0.15) is 5.10 Å². The van der Waals surface area contributed by atoms with E-state index in [4.69, 9.17) is 11.6 Å². The lowest BCUT2D eigenvalue weighted by molar-refractivity contribution is 0.170. The summed E-state index contributed by atoms with van der Waals surface area (Å²) in [4.78, 5) is 2.25. The Morgan fingerprint density at radius 1 is 1.50 bits per heavy atom. The number of hydrogen-bond acceptors (Lipinski definition) is 2. The van der Waals surface area contributed by atoms with Crippen molar-refractivity contribution in [1.82, 2.24) is 14.7 Å². The van der Waals surface area contributed by atoms with E-state index in [9.17, 15) is 0 Å². The van der Waals surface area contributed by atoms with Crippen molar-refractivity contribution in [2.24, 2.45) is 0 Å². The van der Waals surface area contributed by atoms with Crippen molar-refractivity contribution in [2.75, 3.05) is 19.5 Å². The molecule has 0 bridgehead atoms. The molecule has 0 aromatic carbocycles. The van der Waals surface area contributed by atoms with Gasteiger partial charge in [0.2, 0.25) is 0 Å². The lowest BCUT2D eigenvalue weighted by Crippen LogP contribution is -2.44. The maximum atomic E-state index is 5.88. The van der Waals surface area contributed by atoms with Crippen LogP contribution in [0.1, 0.15) is 13.8 Å². The summed E-state index contributed by atoms with van der Waals surface area (Å²) in [5, 5.41) is 4.15. The van der Waals surface area contributed by atoms with Crippen molar-refractivity contribution in [2.45, 2.75) is 25.9 Å². The smallest absolute Gasteiger partial charge is 0.0536 e. The molecule has 1 rings (SSSR count). The summed E-state index contributed by atoms with van der Waals surface area (Å²) < 4.78 is 1.93. The van der Waals surface area contributed by atoms with Gasteiger partial charge in [0.05, 0.1) is 6.54 Å². The first-order valence-electron chi connectivity index (χ1n) is 4.81. The van der Waals surface area contributed by atoms with Crippen LogP contribution in [0.5, 0.6) is 0 Å². The number of likely N-dealkylation sites (N-methyl/N-ethyl adjacent to an activating group) is 1. The second-order valence-corrected chi connectivity index (χ2v) is 4.40. The van der Waals surface area contributed by atoms with Crippen LogP contribution in [0.2, 0.25) is 0 Å². The predicted molar refractivity (Wildman–Crippen MR) is 59.7 cm³/mol. The molecule has 0 amide bonds. The fourth-order valence-electron chi connectivity index (χ4n) is 1.09. The summed E-state index contributed by atoms with van der Waals surface area (Å²) in [6.45, 7) is 6.15. The summed E-state index contributed by atoms with van der Waals surface area (Å²) in [6, 6.07) is 1.94. The van der Waals surface area contributed by atoms with Crippen LogP contribution in [-0.2, 0) is 6.54 Å². The van der Waals surface area contributed by atoms with E-state index < -0.39 is 0 Å². The van der Waals surface area contributed by atoms with Crippen LogP contribution >= 0.6 is 11.6 Å². The van der Waals surface area contributed by atoms with E-state index in [2.05, 4.69) is 30.9 Å². The fourth-order valence-corrected chi connectivity index (χ4v) is 1.29. The van der Waals surface area contributed by atoms with Crippen molar-refractivity contribution in [1.29, 1.82) is 0 Å². The third kappa shape index (κ3) is 3.00. The van der Waals surface area contributed by atoms with Gasteiger partial charge < -0.3 is 0 Å². The Hall–Kier alpha value is -0.540. The minimum absolute atomic E-state index is 0.0503. The maximum Gasteiger partial charge on any atom is 0.0536 e. The molecular formula is C10H18ClN3. The van der Waals surface area contributed by atoms with Gasteiger partial charge in [0.25, 0.3) is 0 Å². The summed E-state index contributed by atoms with van der Waals surface area (Å²) in [7, 11) is 2.09. The lowest BCUT2D eigenvalue weighted by atomic mass is 10.1. The van der Waals surface area contributed by atoms with Crippen LogP contribution in [0.4, 0.5) is 0 Å². The molecule has 0 saturated carbocycles. The molecule has 1 aromatic rings. The molecule has 4 heteroatoms. The van der Waals surface area contributed by atoms with Crippen molar-refractivity contribution in [3.8, 4) is 0 Å². The number of hydrogen-bond donors (Lipinski definition) is 0. The zero-order chi connectivity index (χ0) is 10.6. The van der Waals surface area contributed by atoms with E-state index in [0.29, 0.717) is 5.88 Å². The second-order valence-electron chi connectivity index (χ2n) is 4.14. The van der Waals surface area contributed by atoms with E-state index in [0.717, 1.165) is 13.1 Å². The van der Waals surface area contributed by atoms with Gasteiger partial charge in [-0.1, -0.05) is 0 Å². The van der Waals surface area contributed by atoms with Crippen LogP contribution in [0, 0.1) is 0 Å². The first kappa shape index (κ1) is 11.5.